The molecule has 1 rings (SSSR count). The molecule has 0 aliphatic carbocycles. The summed E-state index contributed by atoms with van der Waals surface area (Å²) in [6.45, 7) is 0.856. The fourth-order valence-corrected chi connectivity index (χ4v) is 0.818. The van der Waals surface area contributed by atoms with Gasteiger partial charge in [0.1, 0.15) is 12.3 Å². The van der Waals surface area contributed by atoms with Crippen molar-refractivity contribution in [1.29, 1.82) is 0 Å². The average Bonchev–Trinajstić information content (AvgIpc) is 2.11. The van der Waals surface area contributed by atoms with Crippen LogP contribution in [0.2, 0.25) is 5.28 Å². The Bertz CT molecular complexity index is 282. The van der Waals surface area contributed by atoms with E-state index in [9.17, 15) is 0 Å². The normalized spacial score (nSPS) is 10.0. The van der Waals surface area contributed by atoms with Gasteiger partial charge in [-0.25, -0.2) is 4.98 Å². The first-order valence-electron chi connectivity index (χ1n) is 3.64. The van der Waals surface area contributed by atoms with Gasteiger partial charge in [-0.1, -0.05) is 0 Å². The SMILES string of the molecule is COCCOc1nc(Cl)ncc1N. The first-order chi connectivity index (χ1) is 6.24. The second kappa shape index (κ2) is 4.84. The van der Waals surface area contributed by atoms with Crippen molar-refractivity contribution in [3.05, 3.63) is 11.5 Å². The lowest BCUT2D eigenvalue weighted by atomic mass is 10.5. The van der Waals surface area contributed by atoms with Gasteiger partial charge in [0.15, 0.2) is 0 Å². The molecule has 0 saturated heterocycles. The molecule has 13 heavy (non-hydrogen) atoms. The summed E-state index contributed by atoms with van der Waals surface area (Å²) in [6.07, 6.45) is 1.40. The number of anilines is 1. The summed E-state index contributed by atoms with van der Waals surface area (Å²) in [4.78, 5) is 7.48. The number of methoxy groups -OCH3 is 1. The Morgan fingerprint density at radius 2 is 2.31 bits per heavy atom. The lowest BCUT2D eigenvalue weighted by Crippen LogP contribution is -2.07. The molecule has 0 fully saturated rings. The summed E-state index contributed by atoms with van der Waals surface area (Å²) in [5, 5.41) is 0.113. The molecule has 0 radical (unpaired) electrons. The summed E-state index contributed by atoms with van der Waals surface area (Å²) in [5.41, 5.74) is 5.88. The van der Waals surface area contributed by atoms with Gasteiger partial charge in [-0.05, 0) is 11.6 Å². The van der Waals surface area contributed by atoms with Crippen LogP contribution in [0.15, 0.2) is 6.20 Å². The lowest BCUT2D eigenvalue weighted by molar-refractivity contribution is 0.144. The quantitative estimate of drug-likeness (QED) is 0.577. The van der Waals surface area contributed by atoms with Crippen LogP contribution in [0.5, 0.6) is 5.88 Å². The zero-order chi connectivity index (χ0) is 9.68. The Hall–Kier alpha value is -1.07. The molecule has 5 nitrogen and oxygen atoms in total. The van der Waals surface area contributed by atoms with E-state index in [0.29, 0.717) is 18.9 Å². The zero-order valence-electron chi connectivity index (χ0n) is 7.16. The van der Waals surface area contributed by atoms with Crippen LogP contribution in [0.3, 0.4) is 0 Å². The molecule has 0 saturated carbocycles. The van der Waals surface area contributed by atoms with E-state index in [4.69, 9.17) is 26.8 Å². The van der Waals surface area contributed by atoms with Gasteiger partial charge in [-0.15, -0.1) is 0 Å². The first kappa shape index (κ1) is 10.0. The van der Waals surface area contributed by atoms with E-state index in [-0.39, 0.29) is 11.2 Å². The average molecular weight is 204 g/mol. The van der Waals surface area contributed by atoms with Crippen LogP contribution in [0.25, 0.3) is 0 Å². The Kier molecular flexibility index (Phi) is 3.72. The Balaban J connectivity index is 2.59. The zero-order valence-corrected chi connectivity index (χ0v) is 7.91. The minimum atomic E-state index is 0.113. The largest absolute Gasteiger partial charge is 0.474 e. The minimum absolute atomic E-state index is 0.113. The molecule has 0 aliphatic heterocycles. The molecule has 0 aliphatic rings. The molecule has 1 aromatic rings. The van der Waals surface area contributed by atoms with Crippen molar-refractivity contribution < 1.29 is 9.47 Å². The first-order valence-corrected chi connectivity index (χ1v) is 4.01. The van der Waals surface area contributed by atoms with Gasteiger partial charge in [0.05, 0.1) is 12.8 Å². The smallest absolute Gasteiger partial charge is 0.241 e. The predicted octanol–water partition coefficient (Wildman–Crippen LogP) is 0.737. The van der Waals surface area contributed by atoms with E-state index in [0.717, 1.165) is 0 Å². The summed E-state index contributed by atoms with van der Waals surface area (Å²) in [6, 6.07) is 0. The van der Waals surface area contributed by atoms with Crippen LogP contribution in [0.1, 0.15) is 0 Å². The molecule has 2 N–H and O–H groups in total. The van der Waals surface area contributed by atoms with E-state index in [2.05, 4.69) is 9.97 Å². The number of nitrogen functional groups attached to an aromatic ring is 1. The molecule has 6 heteroatoms. The number of hydrogen-bond donors (Lipinski definition) is 1. The highest BCUT2D eigenvalue weighted by Gasteiger charge is 2.03. The van der Waals surface area contributed by atoms with Crippen molar-refractivity contribution in [1.82, 2.24) is 9.97 Å². The number of hydrogen-bond acceptors (Lipinski definition) is 5. The standard InChI is InChI=1S/C7H10ClN3O2/c1-12-2-3-13-6-5(9)4-10-7(8)11-6/h4H,2-3,9H2,1H3. The second-order valence-electron chi connectivity index (χ2n) is 2.24. The molecular formula is C7H10ClN3O2. The van der Waals surface area contributed by atoms with E-state index in [1.54, 1.807) is 7.11 Å². The maximum absolute atomic E-state index is 5.54. The second-order valence-corrected chi connectivity index (χ2v) is 2.58. The molecule has 0 spiro atoms. The van der Waals surface area contributed by atoms with E-state index < -0.39 is 0 Å². The maximum Gasteiger partial charge on any atom is 0.241 e. The molecule has 0 bridgehead atoms. The third-order valence-corrected chi connectivity index (χ3v) is 1.46. The molecule has 1 heterocycles. The predicted molar refractivity (Wildman–Crippen MR) is 48.8 cm³/mol. The number of rotatable bonds is 4. The monoisotopic (exact) mass is 203 g/mol. The van der Waals surface area contributed by atoms with Gasteiger partial charge in [0.25, 0.3) is 0 Å². The summed E-state index contributed by atoms with van der Waals surface area (Å²) < 4.78 is 9.96. The van der Waals surface area contributed by atoms with Crippen LogP contribution >= 0.6 is 11.6 Å². The van der Waals surface area contributed by atoms with Gasteiger partial charge in [0.2, 0.25) is 11.2 Å². The van der Waals surface area contributed by atoms with Gasteiger partial charge < -0.3 is 15.2 Å². The number of nitrogens with two attached hydrogens (primary N) is 1. The van der Waals surface area contributed by atoms with Crippen LogP contribution in [0.4, 0.5) is 5.69 Å². The molecule has 0 aromatic carbocycles. The van der Waals surface area contributed by atoms with Crippen molar-refractivity contribution in [2.24, 2.45) is 0 Å². The summed E-state index contributed by atoms with van der Waals surface area (Å²) >= 11 is 5.54. The van der Waals surface area contributed by atoms with E-state index >= 15 is 0 Å². The highest BCUT2D eigenvalue weighted by molar-refractivity contribution is 6.28. The molecular weight excluding hydrogens is 194 g/mol. The minimum Gasteiger partial charge on any atom is -0.474 e. The Labute approximate surface area is 80.8 Å². The Morgan fingerprint density at radius 1 is 1.54 bits per heavy atom. The number of halogens is 1. The highest BCUT2D eigenvalue weighted by Crippen LogP contribution is 2.17. The van der Waals surface area contributed by atoms with E-state index in [1.807, 2.05) is 0 Å². The Morgan fingerprint density at radius 3 is 3.00 bits per heavy atom. The lowest BCUT2D eigenvalue weighted by Gasteiger charge is -2.06. The number of nitrogens with zero attached hydrogens (tertiary/aromatic N) is 2. The van der Waals surface area contributed by atoms with E-state index in [1.165, 1.54) is 6.20 Å². The molecule has 0 unspecified atom stereocenters. The van der Waals surface area contributed by atoms with Crippen LogP contribution in [-0.4, -0.2) is 30.3 Å². The van der Waals surface area contributed by atoms with Gasteiger partial charge in [-0.2, -0.15) is 4.98 Å². The summed E-state index contributed by atoms with van der Waals surface area (Å²) in [5.74, 6) is 0.289. The van der Waals surface area contributed by atoms with Crippen molar-refractivity contribution >= 4 is 17.3 Å². The topological polar surface area (TPSA) is 70.3 Å². The van der Waals surface area contributed by atoms with Crippen molar-refractivity contribution in [2.75, 3.05) is 26.1 Å². The third kappa shape index (κ3) is 3.04. The van der Waals surface area contributed by atoms with Crippen molar-refractivity contribution in [2.45, 2.75) is 0 Å². The summed E-state index contributed by atoms with van der Waals surface area (Å²) in [7, 11) is 1.58. The number of ether oxygens (including phenoxy) is 2. The van der Waals surface area contributed by atoms with Crippen LogP contribution in [-0.2, 0) is 4.74 Å². The van der Waals surface area contributed by atoms with Crippen LogP contribution < -0.4 is 10.5 Å². The maximum atomic E-state index is 5.54. The molecule has 0 amide bonds. The van der Waals surface area contributed by atoms with Gasteiger partial charge in [0, 0.05) is 7.11 Å². The molecule has 72 valence electrons. The van der Waals surface area contributed by atoms with Gasteiger partial charge in [-0.3, -0.25) is 0 Å². The third-order valence-electron chi connectivity index (χ3n) is 1.28. The van der Waals surface area contributed by atoms with Crippen molar-refractivity contribution in [3.8, 4) is 5.88 Å². The fraction of sp³-hybridized carbons (Fsp3) is 0.429. The number of aromatic nitrogens is 2. The van der Waals surface area contributed by atoms with Crippen molar-refractivity contribution in [3.63, 3.8) is 0 Å². The highest BCUT2D eigenvalue weighted by atomic mass is 35.5. The van der Waals surface area contributed by atoms with Gasteiger partial charge >= 0.3 is 0 Å². The van der Waals surface area contributed by atoms with Crippen LogP contribution in [0, 0.1) is 0 Å². The fourth-order valence-electron chi connectivity index (χ4n) is 0.693. The molecule has 0 atom stereocenters. The molecule has 1 aromatic heterocycles.